The molecule has 0 aliphatic heterocycles. The minimum atomic E-state index is -1.14. The SMILES string of the molecule is Cc1cc(CC(NC(=O)OCC2c3ccccc3-c3ccccc32)C(=O)O)n[nH]1. The number of aromatic nitrogens is 2. The van der Waals surface area contributed by atoms with Crippen molar-refractivity contribution in [1.29, 1.82) is 0 Å². The fraction of sp³-hybridized carbons (Fsp3) is 0.227. The number of nitrogens with zero attached hydrogens (tertiary/aromatic N) is 1. The lowest BCUT2D eigenvalue weighted by molar-refractivity contribution is -0.139. The van der Waals surface area contributed by atoms with Crippen molar-refractivity contribution in [2.45, 2.75) is 25.3 Å². The van der Waals surface area contributed by atoms with Crippen molar-refractivity contribution in [2.75, 3.05) is 6.61 Å². The Morgan fingerprint density at radius 3 is 2.31 bits per heavy atom. The van der Waals surface area contributed by atoms with E-state index in [0.717, 1.165) is 27.9 Å². The molecule has 4 rings (SSSR count). The minimum Gasteiger partial charge on any atom is -0.480 e. The minimum absolute atomic E-state index is 0.0733. The number of alkyl carbamates (subject to hydrolysis) is 1. The zero-order valence-electron chi connectivity index (χ0n) is 15.9. The number of carbonyl (C=O) groups excluding carboxylic acids is 1. The summed E-state index contributed by atoms with van der Waals surface area (Å²) in [7, 11) is 0. The Labute approximate surface area is 167 Å². The zero-order chi connectivity index (χ0) is 20.4. The molecule has 29 heavy (non-hydrogen) atoms. The number of hydrogen-bond donors (Lipinski definition) is 3. The van der Waals surface area contributed by atoms with Crippen LogP contribution in [0, 0.1) is 6.92 Å². The lowest BCUT2D eigenvalue weighted by atomic mass is 9.98. The highest BCUT2D eigenvalue weighted by Crippen LogP contribution is 2.44. The van der Waals surface area contributed by atoms with E-state index in [1.54, 1.807) is 6.07 Å². The van der Waals surface area contributed by atoms with Gasteiger partial charge < -0.3 is 15.2 Å². The third-order valence-electron chi connectivity index (χ3n) is 5.11. The summed E-state index contributed by atoms with van der Waals surface area (Å²) in [5, 5.41) is 18.6. The van der Waals surface area contributed by atoms with Crippen LogP contribution in [-0.2, 0) is 16.0 Å². The molecule has 1 aliphatic carbocycles. The summed E-state index contributed by atoms with van der Waals surface area (Å²) in [6.45, 7) is 1.96. The number of aliphatic carboxylic acids is 1. The van der Waals surface area contributed by atoms with Crippen LogP contribution in [0.15, 0.2) is 54.6 Å². The molecule has 0 radical (unpaired) electrons. The number of ether oxygens (including phenoxy) is 1. The Hall–Kier alpha value is -3.61. The Morgan fingerprint density at radius 1 is 1.14 bits per heavy atom. The molecule has 3 N–H and O–H groups in total. The summed E-state index contributed by atoms with van der Waals surface area (Å²) in [6.07, 6.45) is -0.685. The number of H-pyrrole nitrogens is 1. The summed E-state index contributed by atoms with van der Waals surface area (Å²) in [5.74, 6) is -1.22. The first-order chi connectivity index (χ1) is 14.0. The van der Waals surface area contributed by atoms with Crippen LogP contribution in [0.1, 0.15) is 28.4 Å². The highest BCUT2D eigenvalue weighted by molar-refractivity contribution is 5.81. The monoisotopic (exact) mass is 391 g/mol. The molecule has 1 heterocycles. The number of carboxylic acids is 1. The molecule has 1 amide bonds. The molecule has 3 aromatic rings. The fourth-order valence-electron chi connectivity index (χ4n) is 3.77. The molecule has 148 valence electrons. The van der Waals surface area contributed by atoms with E-state index < -0.39 is 18.1 Å². The lowest BCUT2D eigenvalue weighted by Gasteiger charge is -2.17. The van der Waals surface area contributed by atoms with E-state index in [9.17, 15) is 14.7 Å². The smallest absolute Gasteiger partial charge is 0.407 e. The van der Waals surface area contributed by atoms with E-state index in [1.807, 2.05) is 43.3 Å². The van der Waals surface area contributed by atoms with Crippen molar-refractivity contribution >= 4 is 12.1 Å². The first kappa shape index (κ1) is 18.7. The molecule has 1 unspecified atom stereocenters. The molecule has 1 aliphatic rings. The standard InChI is InChI=1S/C22H21N3O4/c1-13-10-14(25-24-13)11-20(21(26)27)23-22(28)29-12-19-17-8-4-2-6-15(17)16-7-3-5-9-18(16)19/h2-10,19-20H,11-12H2,1H3,(H,23,28)(H,24,25)(H,26,27). The second kappa shape index (κ2) is 7.79. The maximum absolute atomic E-state index is 12.3. The van der Waals surface area contributed by atoms with Crippen molar-refractivity contribution in [3.8, 4) is 11.1 Å². The van der Waals surface area contributed by atoms with Gasteiger partial charge in [-0.2, -0.15) is 5.10 Å². The Kier molecular flexibility index (Phi) is 5.03. The van der Waals surface area contributed by atoms with E-state index in [1.165, 1.54) is 0 Å². The van der Waals surface area contributed by atoms with Crippen LogP contribution in [0.2, 0.25) is 0 Å². The highest BCUT2D eigenvalue weighted by atomic mass is 16.5. The van der Waals surface area contributed by atoms with Crippen molar-refractivity contribution in [1.82, 2.24) is 15.5 Å². The van der Waals surface area contributed by atoms with Crippen LogP contribution in [0.5, 0.6) is 0 Å². The van der Waals surface area contributed by atoms with Gasteiger partial charge in [0.1, 0.15) is 12.6 Å². The number of carboxylic acid groups (broad SMARTS) is 1. The van der Waals surface area contributed by atoms with Gasteiger partial charge in [0, 0.05) is 18.0 Å². The maximum Gasteiger partial charge on any atom is 0.407 e. The number of carbonyl (C=O) groups is 2. The van der Waals surface area contributed by atoms with E-state index in [-0.39, 0.29) is 18.9 Å². The number of aryl methyl sites for hydroxylation is 1. The van der Waals surface area contributed by atoms with Crippen molar-refractivity contribution < 1.29 is 19.4 Å². The Morgan fingerprint density at radius 2 is 1.76 bits per heavy atom. The summed E-state index contributed by atoms with van der Waals surface area (Å²) >= 11 is 0. The third kappa shape index (κ3) is 3.85. The summed E-state index contributed by atoms with van der Waals surface area (Å²) in [6, 6.07) is 16.7. The van der Waals surface area contributed by atoms with Crippen LogP contribution < -0.4 is 5.32 Å². The van der Waals surface area contributed by atoms with Gasteiger partial charge in [-0.15, -0.1) is 0 Å². The van der Waals surface area contributed by atoms with Gasteiger partial charge in [0.2, 0.25) is 0 Å². The lowest BCUT2D eigenvalue weighted by Crippen LogP contribution is -2.43. The first-order valence-corrected chi connectivity index (χ1v) is 9.38. The number of fused-ring (bicyclic) bond motifs is 3. The van der Waals surface area contributed by atoms with Crippen LogP contribution in [0.25, 0.3) is 11.1 Å². The van der Waals surface area contributed by atoms with E-state index in [0.29, 0.717) is 5.69 Å². The highest BCUT2D eigenvalue weighted by Gasteiger charge is 2.29. The predicted molar refractivity (Wildman–Crippen MR) is 107 cm³/mol. The van der Waals surface area contributed by atoms with Crippen LogP contribution in [0.4, 0.5) is 4.79 Å². The number of hydrogen-bond acceptors (Lipinski definition) is 4. The van der Waals surface area contributed by atoms with Gasteiger partial charge in [-0.3, -0.25) is 5.10 Å². The van der Waals surface area contributed by atoms with Crippen LogP contribution >= 0.6 is 0 Å². The second-order valence-electron chi connectivity index (χ2n) is 7.11. The van der Waals surface area contributed by atoms with Gasteiger partial charge in [0.25, 0.3) is 0 Å². The molecule has 0 saturated heterocycles. The number of rotatable bonds is 6. The number of aromatic amines is 1. The molecule has 0 saturated carbocycles. The molecule has 7 heteroatoms. The van der Waals surface area contributed by atoms with Gasteiger partial charge in [0.15, 0.2) is 0 Å². The molecule has 1 atom stereocenters. The average molecular weight is 391 g/mol. The zero-order valence-corrected chi connectivity index (χ0v) is 15.9. The molecule has 2 aromatic carbocycles. The molecule has 7 nitrogen and oxygen atoms in total. The fourth-order valence-corrected chi connectivity index (χ4v) is 3.77. The maximum atomic E-state index is 12.3. The first-order valence-electron chi connectivity index (χ1n) is 9.38. The van der Waals surface area contributed by atoms with Gasteiger partial charge in [-0.05, 0) is 35.2 Å². The average Bonchev–Trinajstić information content (AvgIpc) is 3.27. The Bertz CT molecular complexity index is 1010. The van der Waals surface area contributed by atoms with E-state index in [2.05, 4.69) is 27.6 Å². The molecular formula is C22H21N3O4. The quantitative estimate of drug-likeness (QED) is 0.598. The molecule has 1 aromatic heterocycles. The van der Waals surface area contributed by atoms with Gasteiger partial charge in [-0.25, -0.2) is 9.59 Å². The molecular weight excluding hydrogens is 370 g/mol. The third-order valence-corrected chi connectivity index (χ3v) is 5.11. The van der Waals surface area contributed by atoms with E-state index in [4.69, 9.17) is 4.74 Å². The van der Waals surface area contributed by atoms with Crippen LogP contribution in [0.3, 0.4) is 0 Å². The van der Waals surface area contributed by atoms with E-state index >= 15 is 0 Å². The van der Waals surface area contributed by atoms with Crippen LogP contribution in [-0.4, -0.2) is 40.0 Å². The molecule has 0 bridgehead atoms. The number of nitrogens with one attached hydrogen (secondary N) is 2. The van der Waals surface area contributed by atoms with Gasteiger partial charge >= 0.3 is 12.1 Å². The second-order valence-corrected chi connectivity index (χ2v) is 7.11. The largest absolute Gasteiger partial charge is 0.480 e. The normalized spacial score (nSPS) is 13.4. The van der Waals surface area contributed by atoms with Gasteiger partial charge in [0.05, 0.1) is 5.69 Å². The topological polar surface area (TPSA) is 104 Å². The summed E-state index contributed by atoms with van der Waals surface area (Å²) in [4.78, 5) is 23.8. The Balaban J connectivity index is 1.43. The van der Waals surface area contributed by atoms with Crippen molar-refractivity contribution in [3.05, 3.63) is 77.1 Å². The number of benzene rings is 2. The summed E-state index contributed by atoms with van der Waals surface area (Å²) < 4.78 is 5.42. The molecule has 0 fully saturated rings. The molecule has 0 spiro atoms. The van der Waals surface area contributed by atoms with Crippen molar-refractivity contribution in [2.24, 2.45) is 0 Å². The summed E-state index contributed by atoms with van der Waals surface area (Å²) in [5.41, 5.74) is 5.86. The number of amides is 1. The predicted octanol–water partition coefficient (Wildman–Crippen LogP) is 3.25. The van der Waals surface area contributed by atoms with Gasteiger partial charge in [-0.1, -0.05) is 48.5 Å². The van der Waals surface area contributed by atoms with Crippen molar-refractivity contribution in [3.63, 3.8) is 0 Å².